The van der Waals surface area contributed by atoms with Crippen LogP contribution in [0.4, 0.5) is 0 Å². The lowest BCUT2D eigenvalue weighted by Crippen LogP contribution is -2.34. The average Bonchev–Trinajstić information content (AvgIpc) is 2.65. The van der Waals surface area contributed by atoms with Crippen LogP contribution >= 0.6 is 0 Å². The minimum Gasteiger partial charge on any atom is -0.479 e. The maximum atomic E-state index is 12.9. The van der Waals surface area contributed by atoms with Crippen molar-refractivity contribution in [1.82, 2.24) is 0 Å². The number of carbonyl (C=O) groups is 2. The maximum Gasteiger partial charge on any atom is 0.224 e. The average molecular weight is 397 g/mol. The van der Waals surface area contributed by atoms with E-state index in [0.717, 1.165) is 44.9 Å². The van der Waals surface area contributed by atoms with Gasteiger partial charge in [0.25, 0.3) is 0 Å². The molecule has 0 aromatic heterocycles. The summed E-state index contributed by atoms with van der Waals surface area (Å²) in [6.07, 6.45) is 17.2. The number of hydrogen-bond acceptors (Lipinski definition) is 3. The molecule has 1 aliphatic heterocycles. The van der Waals surface area contributed by atoms with E-state index in [1.54, 1.807) is 6.08 Å². The minimum atomic E-state index is -0.558. The molecule has 1 unspecified atom stereocenters. The highest BCUT2D eigenvalue weighted by Gasteiger charge is 2.36. The van der Waals surface area contributed by atoms with E-state index in [-0.39, 0.29) is 17.3 Å². The molecule has 1 aliphatic carbocycles. The zero-order valence-electron chi connectivity index (χ0n) is 18.8. The van der Waals surface area contributed by atoms with Crippen LogP contribution in [0.1, 0.15) is 86.0 Å². The number of rotatable bonds is 10. The molecule has 1 atom stereocenters. The van der Waals surface area contributed by atoms with E-state index >= 15 is 0 Å². The molecule has 0 bridgehead atoms. The van der Waals surface area contributed by atoms with Gasteiger partial charge in [-0.2, -0.15) is 0 Å². The van der Waals surface area contributed by atoms with Crippen LogP contribution < -0.4 is 0 Å². The van der Waals surface area contributed by atoms with Gasteiger partial charge >= 0.3 is 0 Å². The molecule has 2 rings (SSSR count). The third-order valence-electron chi connectivity index (χ3n) is 5.53. The van der Waals surface area contributed by atoms with Crippen LogP contribution in [0, 0.1) is 0 Å². The summed E-state index contributed by atoms with van der Waals surface area (Å²) in [5, 5.41) is 0. The maximum absolute atomic E-state index is 12.9. The summed E-state index contributed by atoms with van der Waals surface area (Å²) in [4.78, 5) is 25.3. The molecule has 158 valence electrons. The lowest BCUT2D eigenvalue weighted by atomic mass is 9.87. The van der Waals surface area contributed by atoms with Crippen LogP contribution in [0.15, 0.2) is 58.4 Å². The molecule has 0 fully saturated rings. The van der Waals surface area contributed by atoms with Crippen molar-refractivity contribution in [3.05, 3.63) is 58.4 Å². The van der Waals surface area contributed by atoms with Gasteiger partial charge in [-0.25, -0.2) is 0 Å². The molecular weight excluding hydrogens is 360 g/mol. The Balaban J connectivity index is 1.98. The van der Waals surface area contributed by atoms with Crippen LogP contribution in [-0.2, 0) is 14.3 Å². The molecule has 0 aromatic rings. The van der Waals surface area contributed by atoms with E-state index in [9.17, 15) is 9.59 Å². The predicted octanol–water partition coefficient (Wildman–Crippen LogP) is 6.72. The highest BCUT2D eigenvalue weighted by atomic mass is 16.5. The Hall–Kier alpha value is -2.16. The summed E-state index contributed by atoms with van der Waals surface area (Å²) in [7, 11) is 0. The number of Topliss-reactive ketones (excluding diaryl/α,β-unsaturated/α-hetero) is 1. The SMILES string of the molecule is CCCCCC1=CC(=O)C2=C(OC(C)(CC/C=C(\C)CCC=C(C)C)C=C2)C1=O. The Morgan fingerprint density at radius 3 is 2.55 bits per heavy atom. The van der Waals surface area contributed by atoms with Gasteiger partial charge in [0.05, 0.1) is 5.57 Å². The molecule has 0 aromatic carbocycles. The van der Waals surface area contributed by atoms with E-state index in [1.807, 2.05) is 13.0 Å². The van der Waals surface area contributed by atoms with Crippen molar-refractivity contribution >= 4 is 11.6 Å². The fraction of sp³-hybridized carbons (Fsp3) is 0.538. The van der Waals surface area contributed by atoms with Crippen LogP contribution in [-0.4, -0.2) is 17.2 Å². The summed E-state index contributed by atoms with van der Waals surface area (Å²) in [6.45, 7) is 10.5. The second-order valence-corrected chi connectivity index (χ2v) is 8.72. The first-order valence-electron chi connectivity index (χ1n) is 11.0. The highest BCUT2D eigenvalue weighted by Crippen LogP contribution is 2.35. The predicted molar refractivity (Wildman–Crippen MR) is 120 cm³/mol. The van der Waals surface area contributed by atoms with Gasteiger partial charge in [-0.15, -0.1) is 0 Å². The number of ether oxygens (including phenoxy) is 1. The quantitative estimate of drug-likeness (QED) is 0.234. The third kappa shape index (κ3) is 6.69. The molecule has 29 heavy (non-hydrogen) atoms. The number of ketones is 2. The van der Waals surface area contributed by atoms with Gasteiger partial charge in [0.15, 0.2) is 11.5 Å². The van der Waals surface area contributed by atoms with Gasteiger partial charge in [0, 0.05) is 5.57 Å². The Morgan fingerprint density at radius 1 is 1.10 bits per heavy atom. The molecule has 0 spiro atoms. The minimum absolute atomic E-state index is 0.111. The number of allylic oxidation sites excluding steroid dienone is 8. The van der Waals surface area contributed by atoms with Gasteiger partial charge in [-0.05, 0) is 84.4 Å². The summed E-state index contributed by atoms with van der Waals surface area (Å²) < 4.78 is 6.13. The number of unbranched alkanes of at least 4 members (excludes halogenated alkanes) is 2. The first-order valence-corrected chi connectivity index (χ1v) is 11.0. The van der Waals surface area contributed by atoms with Crippen molar-refractivity contribution < 1.29 is 14.3 Å². The second-order valence-electron chi connectivity index (χ2n) is 8.72. The summed E-state index contributed by atoms with van der Waals surface area (Å²) in [5.74, 6) is 0.0254. The fourth-order valence-electron chi connectivity index (χ4n) is 3.65. The van der Waals surface area contributed by atoms with Gasteiger partial charge in [0.2, 0.25) is 5.78 Å². The first-order chi connectivity index (χ1) is 13.8. The molecule has 0 saturated heterocycles. The van der Waals surface area contributed by atoms with E-state index < -0.39 is 5.60 Å². The summed E-state index contributed by atoms with van der Waals surface area (Å²) in [6, 6.07) is 0. The van der Waals surface area contributed by atoms with E-state index in [2.05, 4.69) is 39.8 Å². The molecule has 3 heteroatoms. The second kappa shape index (κ2) is 10.6. The molecule has 1 heterocycles. The monoisotopic (exact) mass is 396 g/mol. The Kier molecular flexibility index (Phi) is 8.43. The van der Waals surface area contributed by atoms with E-state index in [4.69, 9.17) is 4.74 Å². The standard InChI is InChI=1S/C26H36O3/c1-6-7-8-14-21-18-23(27)22-15-17-26(5,29-25(22)24(21)28)16-10-13-20(4)12-9-11-19(2)3/h11,13,15,17-18H,6-10,12,14,16H2,1-5H3/b20-13+. The Labute approximate surface area is 176 Å². The first kappa shape index (κ1) is 23.1. The lowest BCUT2D eigenvalue weighted by molar-refractivity contribution is -0.121. The van der Waals surface area contributed by atoms with Crippen LogP contribution in [0.25, 0.3) is 0 Å². The van der Waals surface area contributed by atoms with Crippen molar-refractivity contribution in [2.24, 2.45) is 0 Å². The smallest absolute Gasteiger partial charge is 0.224 e. The molecule has 0 radical (unpaired) electrons. The zero-order chi connectivity index (χ0) is 21.4. The summed E-state index contributed by atoms with van der Waals surface area (Å²) >= 11 is 0. The van der Waals surface area contributed by atoms with Gasteiger partial charge in [-0.1, -0.05) is 43.1 Å². The molecule has 0 saturated carbocycles. The molecule has 0 amide bonds. The van der Waals surface area contributed by atoms with E-state index in [0.29, 0.717) is 17.6 Å². The normalized spacial score (nSPS) is 21.7. The van der Waals surface area contributed by atoms with Crippen molar-refractivity contribution in [3.63, 3.8) is 0 Å². The van der Waals surface area contributed by atoms with Gasteiger partial charge in [0.1, 0.15) is 5.60 Å². The van der Waals surface area contributed by atoms with Crippen molar-refractivity contribution in [2.75, 3.05) is 0 Å². The van der Waals surface area contributed by atoms with Crippen molar-refractivity contribution in [1.29, 1.82) is 0 Å². The van der Waals surface area contributed by atoms with Crippen LogP contribution in [0.2, 0.25) is 0 Å². The topological polar surface area (TPSA) is 43.4 Å². The third-order valence-corrected chi connectivity index (χ3v) is 5.53. The van der Waals surface area contributed by atoms with Gasteiger partial charge < -0.3 is 4.74 Å². The Morgan fingerprint density at radius 2 is 1.86 bits per heavy atom. The fourth-order valence-corrected chi connectivity index (χ4v) is 3.65. The molecule has 2 aliphatic rings. The zero-order valence-corrected chi connectivity index (χ0v) is 18.8. The van der Waals surface area contributed by atoms with Gasteiger partial charge in [-0.3, -0.25) is 9.59 Å². The molecular formula is C26H36O3. The van der Waals surface area contributed by atoms with Crippen LogP contribution in [0.5, 0.6) is 0 Å². The Bertz CT molecular complexity index is 785. The van der Waals surface area contributed by atoms with Crippen molar-refractivity contribution in [2.45, 2.75) is 91.6 Å². The molecule has 3 nitrogen and oxygen atoms in total. The van der Waals surface area contributed by atoms with Crippen LogP contribution in [0.3, 0.4) is 0 Å². The summed E-state index contributed by atoms with van der Waals surface area (Å²) in [5.41, 5.74) is 3.16. The van der Waals surface area contributed by atoms with E-state index in [1.165, 1.54) is 17.2 Å². The highest BCUT2D eigenvalue weighted by molar-refractivity contribution is 6.23. The largest absolute Gasteiger partial charge is 0.479 e. The lowest BCUT2D eigenvalue weighted by Gasteiger charge is -2.33. The van der Waals surface area contributed by atoms with Crippen molar-refractivity contribution in [3.8, 4) is 0 Å². The molecule has 0 N–H and O–H groups in total. The number of carbonyl (C=O) groups excluding carboxylic acids is 2. The number of hydrogen-bond donors (Lipinski definition) is 0.